The minimum Gasteiger partial charge on any atom is -0.317 e. The molecule has 98 valence electrons. The second kappa shape index (κ2) is 3.97. The van der Waals surface area contributed by atoms with Crippen molar-refractivity contribution in [3.05, 3.63) is 48.2 Å². The summed E-state index contributed by atoms with van der Waals surface area (Å²) in [6, 6.07) is 10.8. The molecule has 1 atom stereocenters. The van der Waals surface area contributed by atoms with Crippen molar-refractivity contribution in [2.75, 3.05) is 0 Å². The highest BCUT2D eigenvalue weighted by Gasteiger charge is 2.35. The summed E-state index contributed by atoms with van der Waals surface area (Å²) < 4.78 is 2.30. The van der Waals surface area contributed by atoms with Gasteiger partial charge in [0.05, 0.1) is 13.6 Å². The Morgan fingerprint density at radius 2 is 1.79 bits per heavy atom. The van der Waals surface area contributed by atoms with Gasteiger partial charge in [-0.05, 0) is 23.2 Å². The molecule has 1 aromatic heterocycles. The molecule has 0 bridgehead atoms. The van der Waals surface area contributed by atoms with E-state index < -0.39 is 8.07 Å². The molecule has 1 unspecified atom stereocenters. The van der Waals surface area contributed by atoms with Gasteiger partial charge in [-0.1, -0.05) is 56.9 Å². The summed E-state index contributed by atoms with van der Waals surface area (Å²) in [5.41, 5.74) is 2.57. The molecule has 0 saturated carbocycles. The topological polar surface area (TPSA) is 4.93 Å². The maximum Gasteiger partial charge on any atom is 0.0594 e. The minimum atomic E-state index is -1.28. The van der Waals surface area contributed by atoms with E-state index in [9.17, 15) is 0 Å². The average molecular weight is 267 g/mol. The quantitative estimate of drug-likeness (QED) is 0.623. The first-order valence-electron chi connectivity index (χ1n) is 6.89. The van der Waals surface area contributed by atoms with Crippen molar-refractivity contribution in [2.45, 2.75) is 31.6 Å². The van der Waals surface area contributed by atoms with Crippen molar-refractivity contribution in [3.63, 3.8) is 0 Å². The van der Waals surface area contributed by atoms with Crippen LogP contribution in [0.2, 0.25) is 24.7 Å². The Labute approximate surface area is 116 Å². The highest BCUT2D eigenvalue weighted by molar-refractivity contribution is 6.80. The maximum atomic E-state index is 2.43. The molecule has 2 heterocycles. The Morgan fingerprint density at radius 3 is 2.53 bits per heavy atom. The molecule has 0 aliphatic carbocycles. The molecule has 2 aromatic rings. The molecule has 0 fully saturated rings. The van der Waals surface area contributed by atoms with Crippen molar-refractivity contribution in [3.8, 4) is 0 Å². The third-order valence-corrected chi connectivity index (χ3v) is 8.13. The van der Waals surface area contributed by atoms with Crippen LogP contribution in [-0.2, 0) is 0 Å². The van der Waals surface area contributed by atoms with Gasteiger partial charge in [0, 0.05) is 17.3 Å². The van der Waals surface area contributed by atoms with Crippen molar-refractivity contribution < 1.29 is 0 Å². The summed E-state index contributed by atoms with van der Waals surface area (Å²) in [7, 11) is -1.28. The van der Waals surface area contributed by atoms with Crippen LogP contribution in [0.25, 0.3) is 23.2 Å². The van der Waals surface area contributed by atoms with Crippen LogP contribution in [0.5, 0.6) is 0 Å². The van der Waals surface area contributed by atoms with Crippen LogP contribution in [0.15, 0.2) is 42.5 Å². The highest BCUT2D eigenvalue weighted by atomic mass is 28.3. The first-order valence-corrected chi connectivity index (χ1v) is 10.4. The van der Waals surface area contributed by atoms with Gasteiger partial charge >= 0.3 is 0 Å². The summed E-state index contributed by atoms with van der Waals surface area (Å²) in [4.78, 5) is 0. The number of hydrogen-bond acceptors (Lipinski definition) is 0. The van der Waals surface area contributed by atoms with E-state index in [0.29, 0.717) is 0 Å². The van der Waals surface area contributed by atoms with Crippen molar-refractivity contribution in [2.24, 2.45) is 0 Å². The summed E-state index contributed by atoms with van der Waals surface area (Å²) >= 11 is 0. The van der Waals surface area contributed by atoms with Crippen molar-refractivity contribution in [1.82, 2.24) is 4.57 Å². The lowest BCUT2D eigenvalue weighted by Crippen LogP contribution is -2.34. The van der Waals surface area contributed by atoms with E-state index in [0.717, 1.165) is 0 Å². The van der Waals surface area contributed by atoms with E-state index in [-0.39, 0.29) is 5.04 Å². The predicted molar refractivity (Wildman–Crippen MR) is 88.0 cm³/mol. The zero-order valence-electron chi connectivity index (χ0n) is 12.1. The van der Waals surface area contributed by atoms with Gasteiger partial charge in [0.15, 0.2) is 0 Å². The SMILES string of the molecule is CC1([Si](C)(C)C)C=Cc2cc3ccccc3n2C=C1. The van der Waals surface area contributed by atoms with Crippen LogP contribution in [0, 0.1) is 0 Å². The molecule has 0 amide bonds. The molecule has 0 spiro atoms. The molecular formula is C17H21NSi. The normalized spacial score (nSPS) is 22.5. The Kier molecular flexibility index (Phi) is 2.61. The molecular weight excluding hydrogens is 246 g/mol. The number of allylic oxidation sites excluding steroid dienone is 2. The summed E-state index contributed by atoms with van der Waals surface area (Å²) in [6.45, 7) is 9.65. The lowest BCUT2D eigenvalue weighted by Gasteiger charge is -2.34. The minimum absolute atomic E-state index is 0.215. The van der Waals surface area contributed by atoms with Gasteiger partial charge in [0.1, 0.15) is 0 Å². The van der Waals surface area contributed by atoms with E-state index in [1.54, 1.807) is 0 Å². The second-order valence-corrected chi connectivity index (χ2v) is 12.3. The largest absolute Gasteiger partial charge is 0.317 e. The van der Waals surface area contributed by atoms with Crippen LogP contribution in [0.1, 0.15) is 12.6 Å². The van der Waals surface area contributed by atoms with E-state index >= 15 is 0 Å². The number of aromatic nitrogens is 1. The van der Waals surface area contributed by atoms with Crippen molar-refractivity contribution >= 4 is 31.3 Å². The molecule has 1 nitrogen and oxygen atoms in total. The van der Waals surface area contributed by atoms with Gasteiger partial charge in [-0.15, -0.1) is 0 Å². The van der Waals surface area contributed by atoms with Crippen LogP contribution >= 0.6 is 0 Å². The molecule has 1 aliphatic heterocycles. The fourth-order valence-electron chi connectivity index (χ4n) is 2.54. The third-order valence-electron chi connectivity index (χ3n) is 4.56. The van der Waals surface area contributed by atoms with E-state index in [2.05, 4.69) is 85.9 Å². The zero-order chi connectivity index (χ0) is 13.7. The number of hydrogen-bond donors (Lipinski definition) is 0. The summed E-state index contributed by atoms with van der Waals surface area (Å²) in [6.07, 6.45) is 9.33. The fraction of sp³-hybridized carbons (Fsp3) is 0.294. The van der Waals surface area contributed by atoms with Gasteiger partial charge in [0.2, 0.25) is 0 Å². The Hall–Kier alpha value is -1.54. The average Bonchev–Trinajstić information content (AvgIpc) is 2.61. The molecule has 0 N–H and O–H groups in total. The number of rotatable bonds is 1. The standard InChI is InChI=1S/C17H21NSi/c1-17(19(2,3)4)10-9-15-13-14-7-5-6-8-16(14)18(15)12-11-17/h5-13H,1-4H3. The number of para-hydroxylation sites is 1. The van der Waals surface area contributed by atoms with Gasteiger partial charge in [-0.3, -0.25) is 0 Å². The Morgan fingerprint density at radius 1 is 1.05 bits per heavy atom. The monoisotopic (exact) mass is 267 g/mol. The van der Waals surface area contributed by atoms with Crippen LogP contribution in [0.3, 0.4) is 0 Å². The highest BCUT2D eigenvalue weighted by Crippen LogP contribution is 2.43. The van der Waals surface area contributed by atoms with Gasteiger partial charge in [-0.25, -0.2) is 0 Å². The molecule has 1 aromatic carbocycles. The Bertz CT molecular complexity index is 685. The molecule has 3 rings (SSSR count). The van der Waals surface area contributed by atoms with E-state index in [4.69, 9.17) is 0 Å². The second-order valence-electron chi connectivity index (χ2n) is 6.68. The van der Waals surface area contributed by atoms with Crippen molar-refractivity contribution in [1.29, 1.82) is 0 Å². The molecule has 1 aliphatic rings. The third kappa shape index (κ3) is 1.91. The Balaban J connectivity index is 2.18. The first kappa shape index (κ1) is 12.5. The van der Waals surface area contributed by atoms with Crippen LogP contribution < -0.4 is 0 Å². The zero-order valence-corrected chi connectivity index (χ0v) is 13.1. The summed E-state index contributed by atoms with van der Waals surface area (Å²) in [5.74, 6) is 0. The van der Waals surface area contributed by atoms with Gasteiger partial charge in [-0.2, -0.15) is 0 Å². The number of benzene rings is 1. The van der Waals surface area contributed by atoms with Gasteiger partial charge < -0.3 is 4.57 Å². The van der Waals surface area contributed by atoms with E-state index in [1.807, 2.05) is 0 Å². The van der Waals surface area contributed by atoms with E-state index in [1.165, 1.54) is 16.6 Å². The number of fused-ring (bicyclic) bond motifs is 3. The molecule has 0 radical (unpaired) electrons. The lowest BCUT2D eigenvalue weighted by molar-refractivity contribution is 0.919. The maximum absolute atomic E-state index is 2.43. The first-order chi connectivity index (χ1) is 8.91. The number of nitrogens with zero attached hydrogens (tertiary/aromatic N) is 1. The smallest absolute Gasteiger partial charge is 0.0594 e. The summed E-state index contributed by atoms with van der Waals surface area (Å²) in [5, 5.41) is 1.52. The molecule has 2 heteroatoms. The van der Waals surface area contributed by atoms with Crippen LogP contribution in [-0.4, -0.2) is 12.6 Å². The molecule has 19 heavy (non-hydrogen) atoms. The predicted octanol–water partition coefficient (Wildman–Crippen LogP) is 5.24. The molecule has 0 saturated heterocycles. The fourth-order valence-corrected chi connectivity index (χ4v) is 3.69. The lowest BCUT2D eigenvalue weighted by atomic mass is 10.1. The van der Waals surface area contributed by atoms with Crippen LogP contribution in [0.4, 0.5) is 0 Å². The van der Waals surface area contributed by atoms with Gasteiger partial charge in [0.25, 0.3) is 0 Å².